The van der Waals surface area contributed by atoms with Crippen molar-refractivity contribution in [3.8, 4) is 22.5 Å². The average molecular weight is 463 g/mol. The molecule has 1 saturated carbocycles. The fourth-order valence-corrected chi connectivity index (χ4v) is 4.65. The molecule has 5 heteroatoms. The van der Waals surface area contributed by atoms with Crippen LogP contribution in [0, 0.1) is 5.92 Å². The van der Waals surface area contributed by atoms with E-state index in [2.05, 4.69) is 17.4 Å². The molecule has 1 aliphatic carbocycles. The number of anilines is 1. The number of nitrogens with one attached hydrogen (secondary N) is 1. The van der Waals surface area contributed by atoms with Gasteiger partial charge in [-0.3, -0.25) is 9.59 Å². The molecule has 35 heavy (non-hydrogen) atoms. The number of furan rings is 1. The minimum absolute atomic E-state index is 0.158. The highest BCUT2D eigenvalue weighted by molar-refractivity contribution is 6.04. The van der Waals surface area contributed by atoms with Crippen LogP contribution in [0.15, 0.2) is 89.3 Å². The quantitative estimate of drug-likeness (QED) is 0.386. The molecule has 1 N–H and O–H groups in total. The smallest absolute Gasteiger partial charge is 0.255 e. The minimum atomic E-state index is -0.158. The Hall–Kier alpha value is -4.12. The monoisotopic (exact) mass is 462 g/mol. The second-order valence-corrected chi connectivity index (χ2v) is 9.32. The van der Waals surface area contributed by atoms with Crippen LogP contribution in [-0.4, -0.2) is 23.3 Å². The maximum absolute atomic E-state index is 12.9. The van der Waals surface area contributed by atoms with Gasteiger partial charge in [-0.2, -0.15) is 0 Å². The van der Waals surface area contributed by atoms with E-state index in [0.29, 0.717) is 24.3 Å². The first-order chi connectivity index (χ1) is 17.1. The summed E-state index contributed by atoms with van der Waals surface area (Å²) in [6.07, 6.45) is 2.78. The Morgan fingerprint density at radius 2 is 1.57 bits per heavy atom. The molecule has 0 saturated heterocycles. The van der Waals surface area contributed by atoms with Crippen molar-refractivity contribution in [3.63, 3.8) is 0 Å². The van der Waals surface area contributed by atoms with Gasteiger partial charge in [0, 0.05) is 47.8 Å². The SMILES string of the molecule is O=C(Nc1cccc(-c2cc3c(o2)CCN(C(=O)C2CC2)C3)c1)c1ccc(-c2ccccc2)cc1. The van der Waals surface area contributed by atoms with Crippen LogP contribution in [0.2, 0.25) is 0 Å². The molecule has 4 aromatic rings. The first-order valence-corrected chi connectivity index (χ1v) is 12.1. The van der Waals surface area contributed by atoms with Crippen LogP contribution in [0.5, 0.6) is 0 Å². The molecule has 2 heterocycles. The van der Waals surface area contributed by atoms with Crippen LogP contribution in [0.4, 0.5) is 5.69 Å². The normalized spacial score (nSPS) is 14.9. The summed E-state index contributed by atoms with van der Waals surface area (Å²) >= 11 is 0. The molecule has 2 amide bonds. The first kappa shape index (κ1) is 21.4. The Balaban J connectivity index is 1.16. The number of hydrogen-bond acceptors (Lipinski definition) is 3. The topological polar surface area (TPSA) is 62.6 Å². The second-order valence-electron chi connectivity index (χ2n) is 9.32. The van der Waals surface area contributed by atoms with E-state index >= 15 is 0 Å². The lowest BCUT2D eigenvalue weighted by atomic mass is 10.0. The van der Waals surface area contributed by atoms with Crippen molar-refractivity contribution >= 4 is 17.5 Å². The lowest BCUT2D eigenvalue weighted by Crippen LogP contribution is -2.36. The average Bonchev–Trinajstić information content (AvgIpc) is 3.67. The summed E-state index contributed by atoms with van der Waals surface area (Å²) in [5.74, 6) is 2.07. The van der Waals surface area contributed by atoms with E-state index in [1.165, 1.54) is 0 Å². The number of rotatable bonds is 5. The zero-order valence-electron chi connectivity index (χ0n) is 19.4. The summed E-state index contributed by atoms with van der Waals surface area (Å²) in [4.78, 5) is 27.3. The van der Waals surface area contributed by atoms with Gasteiger partial charge in [0.1, 0.15) is 11.5 Å². The third-order valence-corrected chi connectivity index (χ3v) is 6.76. The fraction of sp³-hybridized carbons (Fsp3) is 0.200. The Morgan fingerprint density at radius 3 is 2.34 bits per heavy atom. The van der Waals surface area contributed by atoms with E-state index in [-0.39, 0.29) is 17.7 Å². The molecule has 0 bridgehead atoms. The van der Waals surface area contributed by atoms with Crippen molar-refractivity contribution in [1.82, 2.24) is 4.90 Å². The van der Waals surface area contributed by atoms with Crippen LogP contribution >= 0.6 is 0 Å². The summed E-state index contributed by atoms with van der Waals surface area (Å²) in [5.41, 5.74) is 5.48. The molecule has 0 atom stereocenters. The summed E-state index contributed by atoms with van der Waals surface area (Å²) in [5, 5.41) is 3.00. The number of nitrogens with zero attached hydrogens (tertiary/aromatic N) is 1. The highest BCUT2D eigenvalue weighted by Crippen LogP contribution is 2.35. The standard InChI is InChI=1S/C30H26N2O3/c33-29(22-11-9-21(10-12-22)20-5-2-1-3-6-20)31-26-8-4-7-24(17-26)28-18-25-19-32(16-15-27(25)35-28)30(34)23-13-14-23/h1-12,17-18,23H,13-16,19H2,(H,31,33). The van der Waals surface area contributed by atoms with E-state index in [4.69, 9.17) is 4.42 Å². The number of fused-ring (bicyclic) bond motifs is 1. The molecule has 0 spiro atoms. The molecule has 2 aliphatic rings. The second kappa shape index (κ2) is 8.91. The molecule has 1 aromatic heterocycles. The predicted octanol–water partition coefficient (Wildman–Crippen LogP) is 6.16. The molecule has 174 valence electrons. The van der Waals surface area contributed by atoms with E-state index in [0.717, 1.165) is 53.0 Å². The number of carbonyl (C=O) groups excluding carboxylic acids is 2. The number of hydrogen-bond donors (Lipinski definition) is 1. The Labute approximate surface area is 204 Å². The number of amides is 2. The van der Waals surface area contributed by atoms with Gasteiger partial charge in [0.25, 0.3) is 5.91 Å². The molecular weight excluding hydrogens is 436 g/mol. The molecule has 0 radical (unpaired) electrons. The largest absolute Gasteiger partial charge is 0.461 e. The Morgan fingerprint density at radius 1 is 0.829 bits per heavy atom. The van der Waals surface area contributed by atoms with Gasteiger partial charge in [0.15, 0.2) is 0 Å². The molecule has 1 fully saturated rings. The van der Waals surface area contributed by atoms with Gasteiger partial charge in [-0.25, -0.2) is 0 Å². The summed E-state index contributed by atoms with van der Waals surface area (Å²) in [7, 11) is 0. The highest BCUT2D eigenvalue weighted by atomic mass is 16.3. The van der Waals surface area contributed by atoms with Gasteiger partial charge in [-0.15, -0.1) is 0 Å². The maximum Gasteiger partial charge on any atom is 0.255 e. The van der Waals surface area contributed by atoms with Gasteiger partial charge in [0.05, 0.1) is 0 Å². The van der Waals surface area contributed by atoms with Crippen molar-refractivity contribution in [1.29, 1.82) is 0 Å². The highest BCUT2D eigenvalue weighted by Gasteiger charge is 2.35. The molecule has 3 aromatic carbocycles. The van der Waals surface area contributed by atoms with E-state index in [9.17, 15) is 9.59 Å². The van der Waals surface area contributed by atoms with Crippen LogP contribution in [0.25, 0.3) is 22.5 Å². The fourth-order valence-electron chi connectivity index (χ4n) is 4.65. The van der Waals surface area contributed by atoms with E-state index in [1.807, 2.05) is 77.7 Å². The van der Waals surface area contributed by atoms with Gasteiger partial charge in [0.2, 0.25) is 5.91 Å². The van der Waals surface area contributed by atoms with Crippen LogP contribution in [0.1, 0.15) is 34.5 Å². The molecule has 0 unspecified atom stereocenters. The molecule has 1 aliphatic heterocycles. The van der Waals surface area contributed by atoms with Crippen LogP contribution in [-0.2, 0) is 17.8 Å². The van der Waals surface area contributed by atoms with Gasteiger partial charge in [-0.05, 0) is 54.3 Å². The zero-order chi connectivity index (χ0) is 23.8. The summed E-state index contributed by atoms with van der Waals surface area (Å²) in [6, 6.07) is 27.4. The third-order valence-electron chi connectivity index (χ3n) is 6.76. The predicted molar refractivity (Wildman–Crippen MR) is 136 cm³/mol. The van der Waals surface area contributed by atoms with Gasteiger partial charge in [-0.1, -0.05) is 54.6 Å². The Bertz CT molecular complexity index is 1380. The molecule has 5 nitrogen and oxygen atoms in total. The zero-order valence-corrected chi connectivity index (χ0v) is 19.4. The molecule has 6 rings (SSSR count). The minimum Gasteiger partial charge on any atom is -0.461 e. The lowest BCUT2D eigenvalue weighted by Gasteiger charge is -2.26. The van der Waals surface area contributed by atoms with Crippen LogP contribution < -0.4 is 5.32 Å². The number of benzene rings is 3. The van der Waals surface area contributed by atoms with E-state index in [1.54, 1.807) is 0 Å². The lowest BCUT2D eigenvalue weighted by molar-refractivity contribution is -0.133. The molecular formula is C30H26N2O3. The Kier molecular flexibility index (Phi) is 5.45. The maximum atomic E-state index is 12.9. The van der Waals surface area contributed by atoms with Crippen molar-refractivity contribution in [2.24, 2.45) is 5.92 Å². The van der Waals surface area contributed by atoms with Crippen molar-refractivity contribution in [2.45, 2.75) is 25.8 Å². The summed E-state index contributed by atoms with van der Waals surface area (Å²) < 4.78 is 6.15. The van der Waals surface area contributed by atoms with Crippen molar-refractivity contribution in [2.75, 3.05) is 11.9 Å². The first-order valence-electron chi connectivity index (χ1n) is 12.1. The van der Waals surface area contributed by atoms with Gasteiger partial charge >= 0.3 is 0 Å². The van der Waals surface area contributed by atoms with E-state index < -0.39 is 0 Å². The van der Waals surface area contributed by atoms with Crippen molar-refractivity contribution < 1.29 is 14.0 Å². The van der Waals surface area contributed by atoms with Crippen molar-refractivity contribution in [3.05, 3.63) is 102 Å². The summed E-state index contributed by atoms with van der Waals surface area (Å²) in [6.45, 7) is 1.33. The van der Waals surface area contributed by atoms with Gasteiger partial charge < -0.3 is 14.6 Å². The van der Waals surface area contributed by atoms with Crippen LogP contribution in [0.3, 0.4) is 0 Å². The number of carbonyl (C=O) groups is 2. The third kappa shape index (κ3) is 4.50.